The molecule has 2 aliphatic heterocycles. The molecule has 4 rings (SSSR count). The average molecular weight is 330 g/mol. The Morgan fingerprint density at radius 2 is 1.88 bits per heavy atom. The summed E-state index contributed by atoms with van der Waals surface area (Å²) in [7, 11) is 0. The van der Waals surface area contributed by atoms with Gasteiger partial charge in [0, 0.05) is 31.4 Å². The number of carbonyl (C=O) groups is 1. The summed E-state index contributed by atoms with van der Waals surface area (Å²) in [5.41, 5.74) is 0.681. The maximum atomic E-state index is 13.6. The number of anilines is 1. The van der Waals surface area contributed by atoms with Crippen LogP contribution in [0.15, 0.2) is 24.3 Å². The molecule has 2 heterocycles. The molecule has 1 spiro atoms. The minimum absolute atomic E-state index is 0.200. The molecular formula is C20H27FN2O. The van der Waals surface area contributed by atoms with Gasteiger partial charge in [-0.15, -0.1) is 0 Å². The number of piperidine rings is 1. The van der Waals surface area contributed by atoms with Crippen molar-refractivity contribution in [1.82, 2.24) is 4.90 Å². The molecule has 24 heavy (non-hydrogen) atoms. The maximum Gasteiger partial charge on any atom is 0.230 e. The number of likely N-dealkylation sites (tertiary alicyclic amines) is 1. The Hall–Kier alpha value is -1.58. The molecular weight excluding hydrogens is 303 g/mol. The van der Waals surface area contributed by atoms with Crippen molar-refractivity contribution in [1.29, 1.82) is 0 Å². The number of halogens is 1. The highest BCUT2D eigenvalue weighted by Crippen LogP contribution is 2.43. The van der Waals surface area contributed by atoms with Crippen LogP contribution >= 0.6 is 0 Å². The third-order valence-corrected chi connectivity index (χ3v) is 6.31. The second kappa shape index (κ2) is 6.38. The molecule has 130 valence electrons. The number of rotatable bonds is 2. The van der Waals surface area contributed by atoms with E-state index in [0.717, 1.165) is 44.6 Å². The summed E-state index contributed by atoms with van der Waals surface area (Å²) in [4.78, 5) is 17.7. The monoisotopic (exact) mass is 330 g/mol. The fourth-order valence-electron chi connectivity index (χ4n) is 4.99. The SMILES string of the molecule is O=C1N(C2CCCCC2)CCC12CCCN(c1cccc(F)c1)C2. The lowest BCUT2D eigenvalue weighted by Gasteiger charge is -2.41. The van der Waals surface area contributed by atoms with Crippen molar-refractivity contribution < 1.29 is 9.18 Å². The van der Waals surface area contributed by atoms with Gasteiger partial charge in [0.05, 0.1) is 5.41 Å². The first-order valence-electron chi connectivity index (χ1n) is 9.50. The van der Waals surface area contributed by atoms with Crippen LogP contribution in [0.3, 0.4) is 0 Å². The maximum absolute atomic E-state index is 13.6. The van der Waals surface area contributed by atoms with Gasteiger partial charge in [0.1, 0.15) is 5.82 Å². The molecule has 1 amide bonds. The number of nitrogens with zero attached hydrogens (tertiary/aromatic N) is 2. The van der Waals surface area contributed by atoms with E-state index in [1.807, 2.05) is 6.07 Å². The molecule has 1 unspecified atom stereocenters. The highest BCUT2D eigenvalue weighted by Gasteiger charge is 2.50. The van der Waals surface area contributed by atoms with E-state index in [-0.39, 0.29) is 11.2 Å². The standard InChI is InChI=1S/C20H27FN2O/c21-16-6-4-9-18(14-16)22-12-5-10-20(15-22)11-13-23(19(20)24)17-7-2-1-3-8-17/h4,6,9,14,17H,1-3,5,7-8,10-13,15H2. The first-order chi connectivity index (χ1) is 11.7. The van der Waals surface area contributed by atoms with E-state index in [9.17, 15) is 9.18 Å². The van der Waals surface area contributed by atoms with Crippen LogP contribution in [0.4, 0.5) is 10.1 Å². The van der Waals surface area contributed by atoms with Crippen LogP contribution < -0.4 is 4.90 Å². The van der Waals surface area contributed by atoms with Crippen LogP contribution in [0.5, 0.6) is 0 Å². The highest BCUT2D eigenvalue weighted by atomic mass is 19.1. The van der Waals surface area contributed by atoms with E-state index in [1.54, 1.807) is 12.1 Å². The van der Waals surface area contributed by atoms with E-state index in [1.165, 1.54) is 38.2 Å². The Kier molecular flexibility index (Phi) is 4.23. The molecule has 0 radical (unpaired) electrons. The molecule has 1 atom stereocenters. The van der Waals surface area contributed by atoms with Crippen molar-refractivity contribution in [3.05, 3.63) is 30.1 Å². The fraction of sp³-hybridized carbons (Fsp3) is 0.650. The van der Waals surface area contributed by atoms with E-state index < -0.39 is 0 Å². The zero-order valence-electron chi connectivity index (χ0n) is 14.3. The lowest BCUT2D eigenvalue weighted by molar-refractivity contribution is -0.138. The lowest BCUT2D eigenvalue weighted by atomic mass is 9.78. The van der Waals surface area contributed by atoms with Crippen LogP contribution in [0.25, 0.3) is 0 Å². The Balaban J connectivity index is 1.51. The molecule has 3 nitrogen and oxygen atoms in total. The predicted octanol–water partition coefficient (Wildman–Crippen LogP) is 3.98. The number of amides is 1. The molecule has 4 heteroatoms. The van der Waals surface area contributed by atoms with Crippen molar-refractivity contribution in [2.75, 3.05) is 24.5 Å². The quantitative estimate of drug-likeness (QED) is 0.819. The number of carbonyl (C=O) groups excluding carboxylic acids is 1. The lowest BCUT2D eigenvalue weighted by Crippen LogP contribution is -2.49. The van der Waals surface area contributed by atoms with Gasteiger partial charge in [-0.1, -0.05) is 25.3 Å². The molecule has 1 aromatic rings. The van der Waals surface area contributed by atoms with Gasteiger partial charge in [0.2, 0.25) is 5.91 Å². The topological polar surface area (TPSA) is 23.6 Å². The Morgan fingerprint density at radius 3 is 2.67 bits per heavy atom. The van der Waals surface area contributed by atoms with Gasteiger partial charge in [-0.2, -0.15) is 0 Å². The van der Waals surface area contributed by atoms with Gasteiger partial charge in [-0.25, -0.2) is 4.39 Å². The fourth-order valence-corrected chi connectivity index (χ4v) is 4.99. The first kappa shape index (κ1) is 15.9. The summed E-state index contributed by atoms with van der Waals surface area (Å²) in [5.74, 6) is 0.171. The van der Waals surface area contributed by atoms with Crippen molar-refractivity contribution in [3.63, 3.8) is 0 Å². The molecule has 0 N–H and O–H groups in total. The largest absolute Gasteiger partial charge is 0.370 e. The third-order valence-electron chi connectivity index (χ3n) is 6.31. The summed E-state index contributed by atoms with van der Waals surface area (Å²) in [6.07, 6.45) is 9.16. The predicted molar refractivity (Wildman–Crippen MR) is 93.5 cm³/mol. The number of hydrogen-bond donors (Lipinski definition) is 0. The molecule has 3 fully saturated rings. The molecule has 0 bridgehead atoms. The second-order valence-corrected chi connectivity index (χ2v) is 7.83. The Morgan fingerprint density at radius 1 is 1.04 bits per heavy atom. The minimum Gasteiger partial charge on any atom is -0.370 e. The van der Waals surface area contributed by atoms with Crippen molar-refractivity contribution in [2.24, 2.45) is 5.41 Å². The van der Waals surface area contributed by atoms with E-state index in [4.69, 9.17) is 0 Å². The van der Waals surface area contributed by atoms with Crippen LogP contribution in [-0.2, 0) is 4.79 Å². The summed E-state index contributed by atoms with van der Waals surface area (Å²) in [6.45, 7) is 2.58. The van der Waals surface area contributed by atoms with Gasteiger partial charge >= 0.3 is 0 Å². The van der Waals surface area contributed by atoms with Crippen LogP contribution in [-0.4, -0.2) is 36.5 Å². The van der Waals surface area contributed by atoms with Crippen LogP contribution in [0.1, 0.15) is 51.4 Å². The van der Waals surface area contributed by atoms with E-state index >= 15 is 0 Å². The van der Waals surface area contributed by atoms with Gasteiger partial charge < -0.3 is 9.80 Å². The molecule has 2 saturated heterocycles. The zero-order valence-corrected chi connectivity index (χ0v) is 14.3. The van der Waals surface area contributed by atoms with E-state index in [0.29, 0.717) is 11.9 Å². The summed E-state index contributed by atoms with van der Waals surface area (Å²) in [5, 5.41) is 0. The van der Waals surface area contributed by atoms with Crippen molar-refractivity contribution in [2.45, 2.75) is 57.4 Å². The molecule has 0 aromatic heterocycles. The van der Waals surface area contributed by atoms with Crippen LogP contribution in [0.2, 0.25) is 0 Å². The van der Waals surface area contributed by atoms with Gasteiger partial charge in [-0.05, 0) is 50.3 Å². The second-order valence-electron chi connectivity index (χ2n) is 7.83. The summed E-state index contributed by atoms with van der Waals surface area (Å²) >= 11 is 0. The molecule has 1 saturated carbocycles. The normalized spacial score (nSPS) is 28.8. The average Bonchev–Trinajstić information content (AvgIpc) is 2.92. The first-order valence-corrected chi connectivity index (χ1v) is 9.50. The third kappa shape index (κ3) is 2.80. The number of hydrogen-bond acceptors (Lipinski definition) is 2. The van der Waals surface area contributed by atoms with Gasteiger partial charge in [0.15, 0.2) is 0 Å². The minimum atomic E-state index is -0.234. The summed E-state index contributed by atoms with van der Waals surface area (Å²) < 4.78 is 13.6. The summed E-state index contributed by atoms with van der Waals surface area (Å²) in [6, 6.07) is 7.26. The van der Waals surface area contributed by atoms with Gasteiger partial charge in [0.25, 0.3) is 0 Å². The molecule has 1 aliphatic carbocycles. The van der Waals surface area contributed by atoms with E-state index in [2.05, 4.69) is 9.80 Å². The molecule has 1 aromatic carbocycles. The van der Waals surface area contributed by atoms with Gasteiger partial charge in [-0.3, -0.25) is 4.79 Å². The Bertz CT molecular complexity index is 613. The zero-order chi connectivity index (χ0) is 16.6. The molecule has 3 aliphatic rings. The highest BCUT2D eigenvalue weighted by molar-refractivity contribution is 5.86. The van der Waals surface area contributed by atoms with Crippen molar-refractivity contribution >= 4 is 11.6 Å². The van der Waals surface area contributed by atoms with Crippen LogP contribution in [0, 0.1) is 11.2 Å². The smallest absolute Gasteiger partial charge is 0.230 e. The van der Waals surface area contributed by atoms with Crippen molar-refractivity contribution in [3.8, 4) is 0 Å². The Labute approximate surface area is 143 Å². The number of benzene rings is 1.